The molecule has 14 heavy (non-hydrogen) atoms. The minimum atomic E-state index is 0.477. The second-order valence-electron chi connectivity index (χ2n) is 5.07. The van der Waals surface area contributed by atoms with Gasteiger partial charge in [0.05, 0.1) is 0 Å². The monoisotopic (exact) mass is 195 g/mol. The molecule has 0 bridgehead atoms. The predicted molar refractivity (Wildman–Crippen MR) is 57.2 cm³/mol. The molecular formula is C12H21NO. The zero-order valence-corrected chi connectivity index (χ0v) is 9.09. The number of nitrogens with one attached hydrogen (secondary N) is 1. The van der Waals surface area contributed by atoms with Gasteiger partial charge < -0.3 is 5.32 Å². The molecule has 2 nitrogen and oxygen atoms in total. The third-order valence-corrected chi connectivity index (χ3v) is 3.86. The summed E-state index contributed by atoms with van der Waals surface area (Å²) in [6.07, 6.45) is 6.56. The van der Waals surface area contributed by atoms with E-state index < -0.39 is 0 Å². The van der Waals surface area contributed by atoms with Crippen LogP contribution in [0, 0.1) is 11.8 Å². The van der Waals surface area contributed by atoms with Crippen molar-refractivity contribution in [3.8, 4) is 0 Å². The lowest BCUT2D eigenvalue weighted by molar-refractivity contribution is -0.121. The number of rotatable bonds is 1. The van der Waals surface area contributed by atoms with E-state index in [1.165, 1.54) is 19.4 Å². The van der Waals surface area contributed by atoms with Crippen molar-refractivity contribution in [2.45, 2.75) is 51.5 Å². The maximum Gasteiger partial charge on any atom is 0.132 e. The summed E-state index contributed by atoms with van der Waals surface area (Å²) in [6.45, 7) is 3.53. The lowest BCUT2D eigenvalue weighted by Gasteiger charge is -2.36. The molecule has 0 aromatic heterocycles. The first kappa shape index (κ1) is 10.2. The van der Waals surface area contributed by atoms with E-state index in [2.05, 4.69) is 12.2 Å². The Bertz CT molecular complexity index is 204. The van der Waals surface area contributed by atoms with Crippen LogP contribution < -0.4 is 5.32 Å². The van der Waals surface area contributed by atoms with Crippen molar-refractivity contribution in [1.82, 2.24) is 5.32 Å². The highest BCUT2D eigenvalue weighted by atomic mass is 16.1. The molecule has 1 aliphatic carbocycles. The average Bonchev–Trinajstić information content (AvgIpc) is 2.19. The van der Waals surface area contributed by atoms with Gasteiger partial charge in [-0.15, -0.1) is 0 Å². The van der Waals surface area contributed by atoms with E-state index in [9.17, 15) is 4.79 Å². The first-order valence-corrected chi connectivity index (χ1v) is 6.01. The fraction of sp³-hybridized carbons (Fsp3) is 0.917. The molecule has 0 radical (unpaired) electrons. The molecule has 2 aliphatic rings. The van der Waals surface area contributed by atoms with Gasteiger partial charge in [0.15, 0.2) is 0 Å². The molecule has 1 N–H and O–H groups in total. The number of piperidine rings is 1. The molecular weight excluding hydrogens is 174 g/mol. The van der Waals surface area contributed by atoms with Gasteiger partial charge in [-0.2, -0.15) is 0 Å². The van der Waals surface area contributed by atoms with Gasteiger partial charge in [0.25, 0.3) is 0 Å². The first-order valence-electron chi connectivity index (χ1n) is 6.01. The van der Waals surface area contributed by atoms with Crippen molar-refractivity contribution >= 4 is 5.78 Å². The molecule has 1 saturated heterocycles. The van der Waals surface area contributed by atoms with Crippen LogP contribution in [0.4, 0.5) is 0 Å². The molecule has 0 spiro atoms. The van der Waals surface area contributed by atoms with Crippen molar-refractivity contribution in [1.29, 1.82) is 0 Å². The minimum Gasteiger partial charge on any atom is -0.314 e. The van der Waals surface area contributed by atoms with Gasteiger partial charge in [-0.25, -0.2) is 0 Å². The van der Waals surface area contributed by atoms with Crippen LogP contribution >= 0.6 is 0 Å². The number of Topliss-reactive ketones (excluding diaryl/α,β-unsaturated/α-hetero) is 1. The van der Waals surface area contributed by atoms with Gasteiger partial charge in [-0.1, -0.05) is 6.92 Å². The summed E-state index contributed by atoms with van der Waals surface area (Å²) in [5.41, 5.74) is 0. The van der Waals surface area contributed by atoms with Crippen LogP contribution in [0.25, 0.3) is 0 Å². The third kappa shape index (κ3) is 2.35. The second-order valence-corrected chi connectivity index (χ2v) is 5.07. The molecule has 0 aromatic rings. The number of carbonyl (C=O) groups excluding carboxylic acids is 1. The van der Waals surface area contributed by atoms with Crippen LogP contribution in [0.3, 0.4) is 0 Å². The van der Waals surface area contributed by atoms with E-state index in [-0.39, 0.29) is 0 Å². The lowest BCUT2D eigenvalue weighted by atomic mass is 9.78. The second kappa shape index (κ2) is 4.43. The minimum absolute atomic E-state index is 0.477. The molecule has 0 aromatic carbocycles. The van der Waals surface area contributed by atoms with E-state index in [1.54, 1.807) is 0 Å². The van der Waals surface area contributed by atoms with Crippen molar-refractivity contribution in [2.75, 3.05) is 6.54 Å². The molecule has 1 aliphatic heterocycles. The van der Waals surface area contributed by atoms with E-state index >= 15 is 0 Å². The Labute approximate surface area is 86.5 Å². The predicted octanol–water partition coefficient (Wildman–Crippen LogP) is 2.13. The molecule has 2 heteroatoms. The van der Waals surface area contributed by atoms with Crippen molar-refractivity contribution in [2.24, 2.45) is 11.8 Å². The highest BCUT2D eigenvalue weighted by Gasteiger charge is 2.29. The Morgan fingerprint density at radius 3 is 2.57 bits per heavy atom. The maximum atomic E-state index is 11.1. The Kier molecular flexibility index (Phi) is 3.22. The van der Waals surface area contributed by atoms with E-state index in [4.69, 9.17) is 0 Å². The Hall–Kier alpha value is -0.370. The van der Waals surface area contributed by atoms with Crippen LogP contribution in [0.1, 0.15) is 45.4 Å². The number of hydrogen-bond acceptors (Lipinski definition) is 2. The zero-order chi connectivity index (χ0) is 9.97. The molecule has 2 fully saturated rings. The molecule has 0 amide bonds. The molecule has 80 valence electrons. The Morgan fingerprint density at radius 2 is 1.93 bits per heavy atom. The average molecular weight is 195 g/mol. The van der Waals surface area contributed by atoms with Crippen LogP contribution in [0.5, 0.6) is 0 Å². The van der Waals surface area contributed by atoms with Gasteiger partial charge in [-0.05, 0) is 44.1 Å². The number of carbonyl (C=O) groups is 1. The summed E-state index contributed by atoms with van der Waals surface area (Å²) in [5.74, 6) is 2.12. The highest BCUT2D eigenvalue weighted by Crippen LogP contribution is 2.29. The summed E-state index contributed by atoms with van der Waals surface area (Å²) < 4.78 is 0. The van der Waals surface area contributed by atoms with Gasteiger partial charge in [0.1, 0.15) is 5.78 Å². The zero-order valence-electron chi connectivity index (χ0n) is 9.09. The maximum absolute atomic E-state index is 11.1. The molecule has 1 heterocycles. The van der Waals surface area contributed by atoms with Crippen LogP contribution in [0.2, 0.25) is 0 Å². The van der Waals surface area contributed by atoms with Crippen LogP contribution in [-0.4, -0.2) is 18.4 Å². The van der Waals surface area contributed by atoms with Gasteiger partial charge >= 0.3 is 0 Å². The Morgan fingerprint density at radius 1 is 1.21 bits per heavy atom. The standard InChI is InChI=1S/C12H21NO/c1-9-6-7-13-12(8-9)10-2-4-11(14)5-3-10/h9-10,12-13H,2-8H2,1H3. The van der Waals surface area contributed by atoms with Gasteiger partial charge in [0.2, 0.25) is 0 Å². The summed E-state index contributed by atoms with van der Waals surface area (Å²) >= 11 is 0. The third-order valence-electron chi connectivity index (χ3n) is 3.86. The summed E-state index contributed by atoms with van der Waals surface area (Å²) in [7, 11) is 0. The quantitative estimate of drug-likeness (QED) is 0.694. The van der Waals surface area contributed by atoms with Crippen molar-refractivity contribution in [3.05, 3.63) is 0 Å². The first-order chi connectivity index (χ1) is 6.75. The number of ketones is 1. The molecule has 1 saturated carbocycles. The van der Waals surface area contributed by atoms with Crippen molar-refractivity contribution in [3.63, 3.8) is 0 Å². The lowest BCUT2D eigenvalue weighted by Crippen LogP contribution is -2.43. The highest BCUT2D eigenvalue weighted by molar-refractivity contribution is 5.79. The SMILES string of the molecule is CC1CCNC(C2CCC(=O)CC2)C1. The topological polar surface area (TPSA) is 29.1 Å². The van der Waals surface area contributed by atoms with E-state index in [1.807, 2.05) is 0 Å². The fourth-order valence-electron chi connectivity index (χ4n) is 2.87. The van der Waals surface area contributed by atoms with E-state index in [0.717, 1.165) is 37.5 Å². The summed E-state index contributed by atoms with van der Waals surface area (Å²) in [4.78, 5) is 11.1. The normalized spacial score (nSPS) is 35.9. The fourth-order valence-corrected chi connectivity index (χ4v) is 2.87. The largest absolute Gasteiger partial charge is 0.314 e. The van der Waals surface area contributed by atoms with Gasteiger partial charge in [0, 0.05) is 18.9 Å². The van der Waals surface area contributed by atoms with Crippen molar-refractivity contribution < 1.29 is 4.79 Å². The number of hydrogen-bond donors (Lipinski definition) is 1. The van der Waals surface area contributed by atoms with E-state index in [0.29, 0.717) is 11.8 Å². The van der Waals surface area contributed by atoms with Crippen LogP contribution in [-0.2, 0) is 4.79 Å². The molecule has 2 rings (SSSR count). The Balaban J connectivity index is 1.85. The summed E-state index contributed by atoms with van der Waals surface area (Å²) in [6, 6.07) is 0.701. The molecule has 2 atom stereocenters. The van der Waals surface area contributed by atoms with Gasteiger partial charge in [-0.3, -0.25) is 4.79 Å². The summed E-state index contributed by atoms with van der Waals surface area (Å²) in [5, 5.41) is 3.62. The molecule has 2 unspecified atom stereocenters. The smallest absolute Gasteiger partial charge is 0.132 e. The van der Waals surface area contributed by atoms with Crippen LogP contribution in [0.15, 0.2) is 0 Å².